The van der Waals surface area contributed by atoms with Crippen LogP contribution in [-0.2, 0) is 19.0 Å². The molecule has 0 unspecified atom stereocenters. The molecule has 6 heteroatoms. The summed E-state index contributed by atoms with van der Waals surface area (Å²) in [5.74, 6) is 1.17. The molecule has 150 valence electrons. The van der Waals surface area contributed by atoms with Gasteiger partial charge in [-0.05, 0) is 50.5 Å². The number of hydrogen-bond acceptors (Lipinski definition) is 5. The van der Waals surface area contributed by atoms with E-state index < -0.39 is 6.29 Å². The van der Waals surface area contributed by atoms with Gasteiger partial charge in [0.1, 0.15) is 0 Å². The monoisotopic (exact) mass is 369 g/mol. The van der Waals surface area contributed by atoms with E-state index in [2.05, 4.69) is 5.32 Å². The zero-order valence-corrected chi connectivity index (χ0v) is 16.2. The summed E-state index contributed by atoms with van der Waals surface area (Å²) in [6.07, 6.45) is 9.34. The van der Waals surface area contributed by atoms with Crippen molar-refractivity contribution in [2.24, 2.45) is 17.8 Å². The van der Waals surface area contributed by atoms with Crippen LogP contribution in [0.4, 0.5) is 0 Å². The van der Waals surface area contributed by atoms with E-state index in [0.717, 1.165) is 12.8 Å². The molecule has 1 amide bonds. The molecule has 6 nitrogen and oxygen atoms in total. The number of methoxy groups -OCH3 is 1. The topological polar surface area (TPSA) is 77.0 Å². The molecule has 0 aromatic rings. The van der Waals surface area contributed by atoms with E-state index in [1.165, 1.54) is 32.1 Å². The third kappa shape index (κ3) is 5.96. The van der Waals surface area contributed by atoms with Gasteiger partial charge in [-0.1, -0.05) is 19.3 Å². The first kappa shape index (κ1) is 21.2. The molecule has 0 aromatic carbocycles. The highest BCUT2D eigenvalue weighted by Crippen LogP contribution is 2.42. The highest BCUT2D eigenvalue weighted by Gasteiger charge is 2.40. The fourth-order valence-electron chi connectivity index (χ4n) is 4.20. The maximum absolute atomic E-state index is 12.5. The van der Waals surface area contributed by atoms with Gasteiger partial charge < -0.3 is 24.6 Å². The Morgan fingerprint density at radius 2 is 2.12 bits per heavy atom. The lowest BCUT2D eigenvalue weighted by Gasteiger charge is -2.41. The van der Waals surface area contributed by atoms with Gasteiger partial charge in [-0.2, -0.15) is 0 Å². The molecule has 0 bridgehead atoms. The van der Waals surface area contributed by atoms with Crippen molar-refractivity contribution < 1.29 is 24.1 Å². The molecule has 2 rings (SSSR count). The summed E-state index contributed by atoms with van der Waals surface area (Å²) in [4.78, 5) is 12.5. The number of aliphatic hydroxyl groups is 1. The Morgan fingerprint density at radius 1 is 1.35 bits per heavy atom. The Bertz CT molecular complexity index is 447. The van der Waals surface area contributed by atoms with E-state index in [9.17, 15) is 9.90 Å². The van der Waals surface area contributed by atoms with Crippen molar-refractivity contribution in [2.75, 3.05) is 33.5 Å². The SMILES string of the molecule is CCO[C@H]1OC(C(=O)NCCOC)=C[C@@H](C2CCCCC2)[C@H]1CCCO. The maximum atomic E-state index is 12.5. The van der Waals surface area contributed by atoms with Gasteiger partial charge in [0.05, 0.1) is 6.61 Å². The van der Waals surface area contributed by atoms with Crippen molar-refractivity contribution in [3.8, 4) is 0 Å². The van der Waals surface area contributed by atoms with Crippen molar-refractivity contribution in [3.05, 3.63) is 11.8 Å². The Labute approximate surface area is 157 Å². The fraction of sp³-hybridized carbons (Fsp3) is 0.850. The molecule has 0 aromatic heterocycles. The van der Waals surface area contributed by atoms with E-state index in [1.54, 1.807) is 7.11 Å². The Hall–Kier alpha value is -1.11. The summed E-state index contributed by atoms with van der Waals surface area (Å²) in [7, 11) is 1.61. The lowest BCUT2D eigenvalue weighted by Crippen LogP contribution is -2.42. The zero-order chi connectivity index (χ0) is 18.8. The average molecular weight is 370 g/mol. The van der Waals surface area contributed by atoms with Crippen LogP contribution in [0.2, 0.25) is 0 Å². The minimum absolute atomic E-state index is 0.167. The van der Waals surface area contributed by atoms with Gasteiger partial charge in [0, 0.05) is 32.8 Å². The number of rotatable bonds is 10. The summed E-state index contributed by atoms with van der Waals surface area (Å²) in [6.45, 7) is 3.58. The normalized spacial score (nSPS) is 26.9. The summed E-state index contributed by atoms with van der Waals surface area (Å²) < 4.78 is 16.8. The van der Waals surface area contributed by atoms with Crippen molar-refractivity contribution in [1.29, 1.82) is 0 Å². The molecule has 1 aliphatic heterocycles. The van der Waals surface area contributed by atoms with Gasteiger partial charge in [0.25, 0.3) is 5.91 Å². The molecule has 0 spiro atoms. The predicted octanol–water partition coefficient (Wildman–Crippen LogP) is 2.61. The van der Waals surface area contributed by atoms with Crippen LogP contribution in [-0.4, -0.2) is 50.8 Å². The van der Waals surface area contributed by atoms with Crippen LogP contribution in [0.5, 0.6) is 0 Å². The molecule has 1 fully saturated rings. The van der Waals surface area contributed by atoms with Gasteiger partial charge in [0.15, 0.2) is 5.76 Å². The lowest BCUT2D eigenvalue weighted by molar-refractivity contribution is -0.177. The number of ether oxygens (including phenoxy) is 3. The number of allylic oxidation sites excluding steroid dienone is 1. The number of amides is 1. The second kappa shape index (κ2) is 11.6. The lowest BCUT2D eigenvalue weighted by atomic mass is 9.71. The molecule has 26 heavy (non-hydrogen) atoms. The van der Waals surface area contributed by atoms with E-state index in [4.69, 9.17) is 14.2 Å². The molecular formula is C20H35NO5. The minimum atomic E-state index is -0.424. The third-order valence-corrected chi connectivity index (χ3v) is 5.47. The van der Waals surface area contributed by atoms with Crippen LogP contribution in [0, 0.1) is 17.8 Å². The maximum Gasteiger partial charge on any atom is 0.286 e. The van der Waals surface area contributed by atoms with Crippen molar-refractivity contribution in [1.82, 2.24) is 5.32 Å². The first-order valence-corrected chi connectivity index (χ1v) is 10.1. The predicted molar refractivity (Wildman–Crippen MR) is 99.3 cm³/mol. The summed E-state index contributed by atoms with van der Waals surface area (Å²) in [5.41, 5.74) is 0. The van der Waals surface area contributed by atoms with Crippen LogP contribution in [0.25, 0.3) is 0 Å². The molecule has 3 atom stereocenters. The van der Waals surface area contributed by atoms with E-state index in [1.807, 2.05) is 13.0 Å². The fourth-order valence-corrected chi connectivity index (χ4v) is 4.20. The van der Waals surface area contributed by atoms with Crippen molar-refractivity contribution in [2.45, 2.75) is 58.2 Å². The van der Waals surface area contributed by atoms with Crippen LogP contribution < -0.4 is 5.32 Å². The number of carbonyl (C=O) groups is 1. The van der Waals surface area contributed by atoms with Gasteiger partial charge in [-0.3, -0.25) is 4.79 Å². The number of carbonyl (C=O) groups excluding carboxylic acids is 1. The molecule has 0 saturated heterocycles. The van der Waals surface area contributed by atoms with Crippen LogP contribution in [0.1, 0.15) is 51.9 Å². The van der Waals surface area contributed by atoms with Crippen molar-refractivity contribution >= 4 is 5.91 Å². The molecule has 1 heterocycles. The average Bonchev–Trinajstić information content (AvgIpc) is 2.67. The largest absolute Gasteiger partial charge is 0.459 e. The van der Waals surface area contributed by atoms with E-state index >= 15 is 0 Å². The minimum Gasteiger partial charge on any atom is -0.459 e. The molecule has 1 aliphatic carbocycles. The molecule has 2 aliphatic rings. The zero-order valence-electron chi connectivity index (χ0n) is 16.2. The Kier molecular flexibility index (Phi) is 9.43. The molecule has 0 radical (unpaired) electrons. The number of nitrogens with one attached hydrogen (secondary N) is 1. The van der Waals surface area contributed by atoms with E-state index in [0.29, 0.717) is 31.4 Å². The first-order chi connectivity index (χ1) is 12.7. The Balaban J connectivity index is 2.18. The van der Waals surface area contributed by atoms with Crippen LogP contribution >= 0.6 is 0 Å². The highest BCUT2D eigenvalue weighted by atomic mass is 16.7. The summed E-state index contributed by atoms with van der Waals surface area (Å²) >= 11 is 0. The first-order valence-electron chi connectivity index (χ1n) is 10.1. The molecule has 2 N–H and O–H groups in total. The van der Waals surface area contributed by atoms with Crippen LogP contribution in [0.15, 0.2) is 11.8 Å². The second-order valence-electron chi connectivity index (χ2n) is 7.23. The standard InChI is InChI=1S/C20H35NO5/c1-3-25-20-16(10-7-12-22)17(15-8-5-4-6-9-15)14-18(26-20)19(23)21-11-13-24-2/h14-17,20,22H,3-13H2,1-2H3,(H,21,23)/t16-,17+,20+/m1/s1. The second-order valence-corrected chi connectivity index (χ2v) is 7.23. The smallest absolute Gasteiger partial charge is 0.286 e. The van der Waals surface area contributed by atoms with Crippen molar-refractivity contribution in [3.63, 3.8) is 0 Å². The number of aliphatic hydroxyl groups excluding tert-OH is 1. The molecule has 1 saturated carbocycles. The van der Waals surface area contributed by atoms with Gasteiger partial charge in [-0.15, -0.1) is 0 Å². The summed E-state index contributed by atoms with van der Waals surface area (Å²) in [6, 6.07) is 0. The highest BCUT2D eigenvalue weighted by molar-refractivity contribution is 5.91. The van der Waals surface area contributed by atoms with Gasteiger partial charge in [-0.25, -0.2) is 0 Å². The third-order valence-electron chi connectivity index (χ3n) is 5.47. The summed E-state index contributed by atoms with van der Waals surface area (Å²) in [5, 5.41) is 12.1. The van der Waals surface area contributed by atoms with Gasteiger partial charge >= 0.3 is 0 Å². The van der Waals surface area contributed by atoms with Gasteiger partial charge in [0.2, 0.25) is 6.29 Å². The molecular weight excluding hydrogens is 334 g/mol. The number of hydrogen-bond donors (Lipinski definition) is 2. The Morgan fingerprint density at radius 3 is 2.77 bits per heavy atom. The van der Waals surface area contributed by atoms with E-state index in [-0.39, 0.29) is 24.3 Å². The van der Waals surface area contributed by atoms with Crippen LogP contribution in [0.3, 0.4) is 0 Å². The quantitative estimate of drug-likeness (QED) is 0.579.